The van der Waals surface area contributed by atoms with Crippen molar-refractivity contribution in [2.24, 2.45) is 0 Å². The Morgan fingerprint density at radius 2 is 2.07 bits per heavy atom. The van der Waals surface area contributed by atoms with Crippen molar-refractivity contribution < 1.29 is 23.5 Å². The van der Waals surface area contributed by atoms with E-state index in [0.29, 0.717) is 0 Å². The van der Waals surface area contributed by atoms with E-state index in [4.69, 9.17) is 13.3 Å². The molecule has 0 saturated carbocycles. The second-order valence-corrected chi connectivity index (χ2v) is 3.11. The molecule has 84 valence electrons. The Bertz CT molecular complexity index is 474. The molecule has 0 fully saturated rings. The molecule has 0 saturated heterocycles. The molecule has 0 aliphatic carbocycles. The maximum Gasteiger partial charge on any atom is 0.157 e. The van der Waals surface area contributed by atoms with E-state index in [-0.39, 0.29) is 17.9 Å². The average Bonchev–Trinajstić information content (AvgIpc) is 2.29. The van der Waals surface area contributed by atoms with Crippen molar-refractivity contribution in [2.45, 2.75) is 25.8 Å². The van der Waals surface area contributed by atoms with Gasteiger partial charge in [0, 0.05) is 20.8 Å². The van der Waals surface area contributed by atoms with Crippen LogP contribution in [0, 0.1) is 0 Å². The summed E-state index contributed by atoms with van der Waals surface area (Å²) >= 11 is 0. The van der Waals surface area contributed by atoms with Crippen LogP contribution in [0.4, 0.5) is 0 Å². The van der Waals surface area contributed by atoms with Crippen LogP contribution >= 0.6 is 0 Å². The molecule has 0 aromatic heterocycles. The average molecular weight is 217 g/mol. The summed E-state index contributed by atoms with van der Waals surface area (Å²) in [5.74, 6) is -0.795. The van der Waals surface area contributed by atoms with Crippen LogP contribution in [0.1, 0.15) is 33.6 Å². The summed E-state index contributed by atoms with van der Waals surface area (Å²) in [4.78, 5) is 0. The lowest BCUT2D eigenvalue weighted by Gasteiger charge is -2.14. The van der Waals surface area contributed by atoms with Crippen LogP contribution in [0.15, 0.2) is 18.2 Å². The second-order valence-electron chi connectivity index (χ2n) is 3.11. The molecule has 0 bridgehead atoms. The highest BCUT2D eigenvalue weighted by Crippen LogP contribution is 2.27. The smallest absolute Gasteiger partial charge is 0.157 e. The number of hydrogen-bond acceptors (Lipinski definition) is 4. The first-order chi connectivity index (χ1) is 9.43. The number of aliphatic hydroxyl groups excluding tert-OH is 1. The number of aromatic hydroxyl groups is 2. The number of benzene rings is 1. The van der Waals surface area contributed by atoms with Crippen LogP contribution in [-0.2, 0) is 0 Å². The normalized spacial score (nSPS) is 20.7. The van der Waals surface area contributed by atoms with E-state index in [2.05, 4.69) is 5.32 Å². The molecule has 0 aliphatic rings. The number of hydrogen-bond donors (Lipinski definition) is 4. The molecule has 1 atom stereocenters. The van der Waals surface area contributed by atoms with Crippen molar-refractivity contribution in [1.29, 1.82) is 0 Å². The van der Waals surface area contributed by atoms with Gasteiger partial charge in [0.15, 0.2) is 11.5 Å². The summed E-state index contributed by atoms with van der Waals surface area (Å²) in [6.07, 6.45) is -1.23. The summed E-state index contributed by atoms with van der Waals surface area (Å²) < 4.78 is 43.3. The van der Waals surface area contributed by atoms with Gasteiger partial charge in [-0.15, -0.1) is 0 Å². The predicted octanol–water partition coefficient (Wildman–Crippen LogP) is 1.13. The van der Waals surface area contributed by atoms with E-state index in [0.717, 1.165) is 6.07 Å². The molecule has 4 nitrogen and oxygen atoms in total. The summed E-state index contributed by atoms with van der Waals surface area (Å²) in [5, 5.41) is 30.7. The van der Waals surface area contributed by atoms with Gasteiger partial charge in [0.05, 0.1) is 6.10 Å². The Morgan fingerprint density at radius 3 is 2.67 bits per heavy atom. The fourth-order valence-corrected chi connectivity index (χ4v) is 1.10. The van der Waals surface area contributed by atoms with Crippen molar-refractivity contribution in [3.05, 3.63) is 23.8 Å². The molecule has 0 heterocycles. The van der Waals surface area contributed by atoms with Gasteiger partial charge in [0.25, 0.3) is 0 Å². The third-order valence-corrected chi connectivity index (χ3v) is 1.90. The molecule has 1 aromatic carbocycles. The van der Waals surface area contributed by atoms with E-state index in [1.165, 1.54) is 12.1 Å². The zero-order valence-electron chi connectivity index (χ0n) is 13.9. The van der Waals surface area contributed by atoms with Gasteiger partial charge in [-0.3, -0.25) is 0 Å². The van der Waals surface area contributed by atoms with Gasteiger partial charge in [0.1, 0.15) is 0 Å². The largest absolute Gasteiger partial charge is 0.504 e. The summed E-state index contributed by atoms with van der Waals surface area (Å²) in [7, 11) is 0. The van der Waals surface area contributed by atoms with Gasteiger partial charge in [-0.05, 0) is 17.7 Å². The van der Waals surface area contributed by atoms with Crippen LogP contribution in [0.5, 0.6) is 11.5 Å². The fourth-order valence-electron chi connectivity index (χ4n) is 1.10. The quantitative estimate of drug-likeness (QED) is 0.570. The van der Waals surface area contributed by atoms with Crippen LogP contribution in [0.3, 0.4) is 0 Å². The van der Waals surface area contributed by atoms with E-state index in [1.807, 2.05) is 0 Å². The maximum atomic E-state index is 9.89. The fraction of sp³-hybridized carbons (Fsp3) is 0.455. The monoisotopic (exact) mass is 217 g/mol. The molecule has 1 rings (SSSR count). The van der Waals surface area contributed by atoms with Crippen LogP contribution in [0.25, 0.3) is 0 Å². The summed E-state index contributed by atoms with van der Waals surface area (Å²) in [5.41, 5.74) is 0.215. The standard InChI is InChI=1S/C11H17NO3/c1-7(2)12-6-11(15)8-3-4-9(13)10(14)5-8/h3-5,7,11-15H,6H2,1-2H3/i1D3,2D3. The van der Waals surface area contributed by atoms with Gasteiger partial charge < -0.3 is 20.6 Å². The minimum atomic E-state index is -2.75. The van der Waals surface area contributed by atoms with Crippen molar-refractivity contribution in [1.82, 2.24) is 5.32 Å². The zero-order chi connectivity index (χ0) is 16.4. The van der Waals surface area contributed by atoms with Gasteiger partial charge in [0.2, 0.25) is 0 Å². The first kappa shape index (κ1) is 5.72. The lowest BCUT2D eigenvalue weighted by Crippen LogP contribution is -2.27. The Balaban J connectivity index is 2.78. The first-order valence-electron chi connectivity index (χ1n) is 7.36. The van der Waals surface area contributed by atoms with Crippen molar-refractivity contribution >= 4 is 0 Å². The third-order valence-electron chi connectivity index (χ3n) is 1.90. The number of phenols is 2. The molecule has 4 heteroatoms. The molecule has 0 amide bonds. The Labute approximate surface area is 97.6 Å². The van der Waals surface area contributed by atoms with Gasteiger partial charge >= 0.3 is 0 Å². The highest BCUT2D eigenvalue weighted by molar-refractivity contribution is 5.41. The SMILES string of the molecule is [2H]C([2H])([2H])C(NCC(O)c1ccc(O)c(O)c1)C([2H])([2H])[2H]. The lowest BCUT2D eigenvalue weighted by molar-refractivity contribution is 0.171. The number of rotatable bonds is 4. The number of phenolic OH excluding ortho intramolecular Hbond substituents is 2. The van der Waals surface area contributed by atoms with E-state index in [9.17, 15) is 10.2 Å². The first-order valence-corrected chi connectivity index (χ1v) is 4.36. The predicted molar refractivity (Wildman–Crippen MR) is 57.9 cm³/mol. The Hall–Kier alpha value is -1.26. The highest BCUT2D eigenvalue weighted by Gasteiger charge is 2.10. The Morgan fingerprint density at radius 1 is 1.33 bits per heavy atom. The molecule has 0 spiro atoms. The third kappa shape index (κ3) is 3.42. The minimum Gasteiger partial charge on any atom is -0.504 e. The van der Waals surface area contributed by atoms with Gasteiger partial charge in [-0.25, -0.2) is 0 Å². The van der Waals surface area contributed by atoms with Crippen molar-refractivity contribution in [2.75, 3.05) is 6.54 Å². The van der Waals surface area contributed by atoms with Crippen molar-refractivity contribution in [3.63, 3.8) is 0 Å². The lowest BCUT2D eigenvalue weighted by atomic mass is 10.1. The molecular weight excluding hydrogens is 194 g/mol. The van der Waals surface area contributed by atoms with E-state index < -0.39 is 31.6 Å². The minimum absolute atomic E-state index is 0.215. The van der Waals surface area contributed by atoms with Gasteiger partial charge in [-0.1, -0.05) is 19.8 Å². The van der Waals surface area contributed by atoms with Crippen LogP contribution in [-0.4, -0.2) is 27.9 Å². The number of nitrogens with one attached hydrogen (secondary N) is 1. The molecule has 1 aromatic rings. The Kier molecular flexibility index (Phi) is 1.91. The number of aliphatic hydroxyl groups is 1. The zero-order valence-corrected chi connectivity index (χ0v) is 7.94. The second kappa shape index (κ2) is 5.00. The maximum absolute atomic E-state index is 9.89. The molecule has 0 radical (unpaired) electrons. The molecule has 0 aliphatic heterocycles. The van der Waals surface area contributed by atoms with Gasteiger partial charge in [-0.2, -0.15) is 0 Å². The van der Waals surface area contributed by atoms with Crippen LogP contribution in [0.2, 0.25) is 0 Å². The van der Waals surface area contributed by atoms with Crippen molar-refractivity contribution in [3.8, 4) is 11.5 Å². The summed E-state index contributed by atoms with van der Waals surface area (Å²) in [6, 6.07) is 1.84. The topological polar surface area (TPSA) is 72.7 Å². The van der Waals surface area contributed by atoms with Crippen LogP contribution < -0.4 is 5.32 Å². The molecule has 15 heavy (non-hydrogen) atoms. The molecular formula is C11H17NO3. The summed E-state index contributed by atoms with van der Waals surface area (Å²) in [6.45, 7) is -5.82. The molecule has 1 unspecified atom stereocenters. The van der Waals surface area contributed by atoms with E-state index >= 15 is 0 Å². The highest BCUT2D eigenvalue weighted by atomic mass is 16.3. The molecule has 4 N–H and O–H groups in total. The van der Waals surface area contributed by atoms with E-state index in [1.54, 1.807) is 0 Å².